The monoisotopic (exact) mass is 392 g/mol. The first-order valence-electron chi connectivity index (χ1n) is 10.3. The van der Waals surface area contributed by atoms with E-state index in [-0.39, 0.29) is 0 Å². The van der Waals surface area contributed by atoms with Crippen LogP contribution >= 0.6 is 0 Å². The van der Waals surface area contributed by atoms with Crippen molar-refractivity contribution in [2.24, 2.45) is 0 Å². The van der Waals surface area contributed by atoms with Crippen molar-refractivity contribution in [1.29, 1.82) is 0 Å². The van der Waals surface area contributed by atoms with E-state index in [0.29, 0.717) is 19.3 Å². The number of fused-ring (bicyclic) bond motifs is 2. The average Bonchev–Trinajstić information content (AvgIpc) is 3.53. The average molecular weight is 392 g/mol. The third-order valence-corrected chi connectivity index (χ3v) is 6.07. The highest BCUT2D eigenvalue weighted by molar-refractivity contribution is 5.99. The van der Waals surface area contributed by atoms with E-state index in [0.717, 1.165) is 73.6 Å². The van der Waals surface area contributed by atoms with Gasteiger partial charge in [-0.25, -0.2) is 4.98 Å². The minimum Gasteiger partial charge on any atom is -0.379 e. The second-order valence-electron chi connectivity index (χ2n) is 7.74. The van der Waals surface area contributed by atoms with Gasteiger partial charge in [0.05, 0.1) is 32.5 Å². The molecule has 0 amide bonds. The normalized spacial score (nSPS) is 21.6. The van der Waals surface area contributed by atoms with E-state index >= 15 is 0 Å². The second-order valence-corrected chi connectivity index (χ2v) is 7.74. The summed E-state index contributed by atoms with van der Waals surface area (Å²) in [6.45, 7) is 5.34. The molecule has 5 heterocycles. The molecule has 2 fully saturated rings. The van der Waals surface area contributed by atoms with Crippen molar-refractivity contribution in [3.05, 3.63) is 30.5 Å². The molecule has 1 aromatic carbocycles. The molecule has 3 aliphatic heterocycles. The molecular weight excluding hydrogens is 368 g/mol. The predicted octanol–water partition coefficient (Wildman–Crippen LogP) is 2.44. The van der Waals surface area contributed by atoms with Crippen LogP contribution in [0.2, 0.25) is 0 Å². The van der Waals surface area contributed by atoms with E-state index in [9.17, 15) is 0 Å². The van der Waals surface area contributed by atoms with Crippen molar-refractivity contribution in [2.45, 2.75) is 12.5 Å². The quantitative estimate of drug-likeness (QED) is 0.709. The first kappa shape index (κ1) is 17.1. The Kier molecular flexibility index (Phi) is 4.05. The van der Waals surface area contributed by atoms with Gasteiger partial charge in [-0.2, -0.15) is 4.98 Å². The molecule has 2 saturated heterocycles. The summed E-state index contributed by atoms with van der Waals surface area (Å²) >= 11 is 0. The number of rotatable bonds is 3. The fraction of sp³-hybridized carbons (Fsp3) is 0.429. The number of aromatic amines is 1. The number of nitrogens with zero attached hydrogens (tertiary/aromatic N) is 4. The molecule has 2 N–H and O–H groups in total. The van der Waals surface area contributed by atoms with Crippen LogP contribution in [0.4, 0.5) is 17.5 Å². The van der Waals surface area contributed by atoms with Gasteiger partial charge in [0.15, 0.2) is 5.82 Å². The van der Waals surface area contributed by atoms with Gasteiger partial charge in [-0.1, -0.05) is 12.1 Å². The Morgan fingerprint density at radius 2 is 1.97 bits per heavy atom. The van der Waals surface area contributed by atoms with Gasteiger partial charge < -0.3 is 29.6 Å². The summed E-state index contributed by atoms with van der Waals surface area (Å²) in [5.74, 6) is 1.77. The number of hydrogen-bond donors (Lipinski definition) is 2. The van der Waals surface area contributed by atoms with E-state index in [2.05, 4.69) is 44.4 Å². The molecule has 0 saturated carbocycles. The molecule has 150 valence electrons. The standard InChI is InChI=1S/C21H24N6O2/c1-2-16(15-4-6-22-17(15)3-1)18-19-20(27(13-23-19)14-5-9-29-12-14)25-21(24-18)26-7-10-28-11-8-26/h1-4,6,14,22-23H,5,7-13H2. The molecule has 2 aromatic heterocycles. The van der Waals surface area contributed by atoms with Crippen LogP contribution in [0.5, 0.6) is 0 Å². The largest absolute Gasteiger partial charge is 0.379 e. The lowest BCUT2D eigenvalue weighted by Gasteiger charge is -2.29. The number of hydrogen-bond acceptors (Lipinski definition) is 7. The first-order valence-corrected chi connectivity index (χ1v) is 10.3. The van der Waals surface area contributed by atoms with E-state index in [1.165, 1.54) is 5.39 Å². The van der Waals surface area contributed by atoms with Crippen LogP contribution in [0.3, 0.4) is 0 Å². The van der Waals surface area contributed by atoms with Crippen molar-refractivity contribution in [2.75, 3.05) is 61.3 Å². The highest BCUT2D eigenvalue weighted by Gasteiger charge is 2.34. The van der Waals surface area contributed by atoms with Crippen LogP contribution < -0.4 is 15.1 Å². The van der Waals surface area contributed by atoms with E-state index in [4.69, 9.17) is 19.4 Å². The molecule has 0 spiro atoms. The molecule has 29 heavy (non-hydrogen) atoms. The van der Waals surface area contributed by atoms with Gasteiger partial charge in [-0.15, -0.1) is 0 Å². The predicted molar refractivity (Wildman–Crippen MR) is 113 cm³/mol. The summed E-state index contributed by atoms with van der Waals surface area (Å²) in [4.78, 5) is 18.0. The van der Waals surface area contributed by atoms with Gasteiger partial charge in [-0.3, -0.25) is 0 Å². The minimum absolute atomic E-state index is 0.354. The van der Waals surface area contributed by atoms with Crippen LogP contribution in [0.1, 0.15) is 6.42 Å². The first-order chi connectivity index (χ1) is 14.4. The van der Waals surface area contributed by atoms with Gasteiger partial charge in [0, 0.05) is 42.4 Å². The Morgan fingerprint density at radius 1 is 1.03 bits per heavy atom. The SMILES string of the molecule is c1cc(-c2nc(N3CCOCC3)nc3c2NCN3C2CCOC2)c2cc[nH]c2c1. The smallest absolute Gasteiger partial charge is 0.228 e. The molecule has 3 aliphatic rings. The van der Waals surface area contributed by atoms with Crippen LogP contribution in [0.15, 0.2) is 30.5 Å². The zero-order valence-corrected chi connectivity index (χ0v) is 16.2. The molecule has 0 radical (unpaired) electrons. The Balaban J connectivity index is 1.52. The van der Waals surface area contributed by atoms with Crippen molar-refractivity contribution >= 4 is 28.4 Å². The number of aromatic nitrogens is 3. The Labute approximate surface area is 168 Å². The Hall–Kier alpha value is -2.84. The third kappa shape index (κ3) is 2.82. The second kappa shape index (κ2) is 6.89. The Morgan fingerprint density at radius 3 is 2.83 bits per heavy atom. The van der Waals surface area contributed by atoms with Crippen molar-refractivity contribution in [3.63, 3.8) is 0 Å². The number of nitrogens with one attached hydrogen (secondary N) is 2. The maximum absolute atomic E-state index is 5.65. The third-order valence-electron chi connectivity index (χ3n) is 6.07. The van der Waals surface area contributed by atoms with E-state index < -0.39 is 0 Å². The lowest BCUT2D eigenvalue weighted by molar-refractivity contribution is 0.122. The molecule has 3 aromatic rings. The highest BCUT2D eigenvalue weighted by Crippen LogP contribution is 2.42. The molecule has 8 heteroatoms. The summed E-state index contributed by atoms with van der Waals surface area (Å²) < 4.78 is 11.2. The maximum Gasteiger partial charge on any atom is 0.228 e. The molecular formula is C21H24N6O2. The molecule has 6 rings (SSSR count). The zero-order chi connectivity index (χ0) is 19.2. The minimum atomic E-state index is 0.354. The summed E-state index contributed by atoms with van der Waals surface area (Å²) in [7, 11) is 0. The van der Waals surface area contributed by atoms with Gasteiger partial charge in [-0.05, 0) is 18.6 Å². The van der Waals surface area contributed by atoms with Gasteiger partial charge in [0.2, 0.25) is 5.95 Å². The van der Waals surface area contributed by atoms with Gasteiger partial charge in [0.25, 0.3) is 0 Å². The maximum atomic E-state index is 5.65. The Bertz CT molecular complexity index is 1040. The summed E-state index contributed by atoms with van der Waals surface area (Å²) in [6, 6.07) is 8.79. The molecule has 0 bridgehead atoms. The lowest BCUT2D eigenvalue weighted by atomic mass is 10.1. The molecule has 0 aliphatic carbocycles. The van der Waals surface area contributed by atoms with Crippen LogP contribution in [0, 0.1) is 0 Å². The van der Waals surface area contributed by atoms with Gasteiger partial charge in [0.1, 0.15) is 11.4 Å². The fourth-order valence-electron chi connectivity index (χ4n) is 4.51. The van der Waals surface area contributed by atoms with E-state index in [1.807, 2.05) is 6.20 Å². The molecule has 8 nitrogen and oxygen atoms in total. The zero-order valence-electron chi connectivity index (χ0n) is 16.2. The van der Waals surface area contributed by atoms with Gasteiger partial charge >= 0.3 is 0 Å². The topological polar surface area (TPSA) is 78.5 Å². The molecule has 1 unspecified atom stereocenters. The summed E-state index contributed by atoms with van der Waals surface area (Å²) in [6.07, 6.45) is 3.01. The number of H-pyrrole nitrogens is 1. The van der Waals surface area contributed by atoms with Crippen LogP contribution in [-0.4, -0.2) is 67.2 Å². The lowest BCUT2D eigenvalue weighted by Crippen LogP contribution is -2.38. The van der Waals surface area contributed by atoms with Crippen molar-refractivity contribution in [3.8, 4) is 11.3 Å². The fourth-order valence-corrected chi connectivity index (χ4v) is 4.51. The van der Waals surface area contributed by atoms with Crippen LogP contribution in [-0.2, 0) is 9.47 Å². The summed E-state index contributed by atoms with van der Waals surface area (Å²) in [5, 5.41) is 4.75. The number of morpholine rings is 1. The van der Waals surface area contributed by atoms with E-state index in [1.54, 1.807) is 0 Å². The highest BCUT2D eigenvalue weighted by atomic mass is 16.5. The number of benzene rings is 1. The summed E-state index contributed by atoms with van der Waals surface area (Å²) in [5.41, 5.74) is 4.21. The molecule has 1 atom stereocenters. The van der Waals surface area contributed by atoms with Crippen LogP contribution in [0.25, 0.3) is 22.2 Å². The van der Waals surface area contributed by atoms with Crippen molar-refractivity contribution in [1.82, 2.24) is 15.0 Å². The van der Waals surface area contributed by atoms with Crippen molar-refractivity contribution < 1.29 is 9.47 Å². The number of ether oxygens (including phenoxy) is 2. The number of anilines is 3.